The molecular weight excluding hydrogens is 569 g/mol. The number of nitrogens with one attached hydrogen (secondary N) is 1. The molecule has 0 aromatic rings. The molecule has 0 aromatic heterocycles. The van der Waals surface area contributed by atoms with E-state index in [1.54, 1.807) is 16.7 Å². The average Bonchev–Trinajstić information content (AvgIpc) is 3.13. The van der Waals surface area contributed by atoms with E-state index in [1.807, 2.05) is 0 Å². The molecule has 5 aliphatic rings. The summed E-state index contributed by atoms with van der Waals surface area (Å²) in [6, 6.07) is 0. The second kappa shape index (κ2) is 23.4. The summed E-state index contributed by atoms with van der Waals surface area (Å²) in [5.74, 6) is 3.46. The van der Waals surface area contributed by atoms with E-state index in [1.165, 1.54) is 122 Å². The van der Waals surface area contributed by atoms with Gasteiger partial charge in [-0.2, -0.15) is 11.1 Å². The molecule has 4 fully saturated rings. The monoisotopic (exact) mass is 632 g/mol. The first-order chi connectivity index (χ1) is 17.4. The molecule has 4 saturated carbocycles. The molecular formula is C34H64Cl2NSiTi. The van der Waals surface area contributed by atoms with Gasteiger partial charge in [-0.3, -0.25) is 6.08 Å². The van der Waals surface area contributed by atoms with Gasteiger partial charge in [-0.1, -0.05) is 143 Å². The Morgan fingerprint density at radius 2 is 1.15 bits per heavy atom. The maximum Gasteiger partial charge on any atom is 2.00 e. The van der Waals surface area contributed by atoms with Crippen LogP contribution in [0.15, 0.2) is 16.7 Å². The van der Waals surface area contributed by atoms with Crippen LogP contribution in [0, 0.1) is 29.7 Å². The number of hydrogen-bond donors (Lipinski definition) is 0. The molecule has 5 aliphatic carbocycles. The van der Waals surface area contributed by atoms with Crippen LogP contribution >= 0.6 is 24.8 Å². The predicted octanol–water partition coefficient (Wildman–Crippen LogP) is 12.2. The van der Waals surface area contributed by atoms with Crippen LogP contribution in [0.5, 0.6) is 0 Å². The van der Waals surface area contributed by atoms with Crippen LogP contribution in [-0.4, -0.2) is 15.1 Å². The van der Waals surface area contributed by atoms with Gasteiger partial charge < -0.3 is 5.73 Å². The van der Waals surface area contributed by atoms with Crippen molar-refractivity contribution in [2.75, 3.05) is 0 Å². The van der Waals surface area contributed by atoms with E-state index in [2.05, 4.69) is 46.9 Å². The van der Waals surface area contributed by atoms with Gasteiger partial charge >= 0.3 is 21.7 Å². The molecule has 0 amide bonds. The second-order valence-corrected chi connectivity index (χ2v) is 14.0. The van der Waals surface area contributed by atoms with Gasteiger partial charge in [0.15, 0.2) is 0 Å². The molecule has 0 saturated heterocycles. The van der Waals surface area contributed by atoms with E-state index in [0.29, 0.717) is 5.92 Å². The van der Waals surface area contributed by atoms with Crippen molar-refractivity contribution in [2.45, 2.75) is 168 Å². The van der Waals surface area contributed by atoms with Crippen molar-refractivity contribution in [1.82, 2.24) is 0 Å². The minimum atomic E-state index is 0. The summed E-state index contributed by atoms with van der Waals surface area (Å²) >= 11 is 0. The fraction of sp³-hybridized carbons (Fsp3) is 0.882. The van der Waals surface area contributed by atoms with Crippen LogP contribution in [0.3, 0.4) is 0 Å². The van der Waals surface area contributed by atoms with Crippen molar-refractivity contribution in [1.29, 1.82) is 0 Å². The molecule has 0 spiro atoms. The van der Waals surface area contributed by atoms with Crippen molar-refractivity contribution in [2.24, 2.45) is 23.7 Å². The predicted molar refractivity (Wildman–Crippen MR) is 179 cm³/mol. The zero-order valence-corrected chi connectivity index (χ0v) is 31.0. The van der Waals surface area contributed by atoms with E-state index in [-0.39, 0.29) is 52.1 Å². The summed E-state index contributed by atoms with van der Waals surface area (Å²) in [4.78, 5) is 0. The molecule has 0 heterocycles. The van der Waals surface area contributed by atoms with Crippen LogP contribution in [-0.2, 0) is 21.7 Å². The Labute approximate surface area is 275 Å². The Morgan fingerprint density at radius 3 is 1.59 bits per heavy atom. The normalized spacial score (nSPS) is 27.7. The Morgan fingerprint density at radius 1 is 0.744 bits per heavy atom. The van der Waals surface area contributed by atoms with Gasteiger partial charge in [0.1, 0.15) is 0 Å². The van der Waals surface area contributed by atoms with Gasteiger partial charge in [-0.15, -0.1) is 30.4 Å². The third kappa shape index (κ3) is 14.8. The van der Waals surface area contributed by atoms with Crippen molar-refractivity contribution < 1.29 is 21.7 Å². The van der Waals surface area contributed by atoms with Crippen LogP contribution in [0.4, 0.5) is 0 Å². The topological polar surface area (TPSA) is 23.8 Å². The number of hydrogen-bond acceptors (Lipinski definition) is 0. The Bertz CT molecular complexity index is 643. The summed E-state index contributed by atoms with van der Waals surface area (Å²) in [6.45, 7) is 13.7. The molecule has 4 bridgehead atoms. The minimum absolute atomic E-state index is 0. The van der Waals surface area contributed by atoms with Gasteiger partial charge in [-0.05, 0) is 43.4 Å². The molecule has 1 radical (unpaired) electrons. The van der Waals surface area contributed by atoms with Gasteiger partial charge in [0, 0.05) is 9.52 Å². The summed E-state index contributed by atoms with van der Waals surface area (Å²) in [5.41, 5.74) is 13.3. The van der Waals surface area contributed by atoms with Crippen LogP contribution < -0.4 is 0 Å². The SMILES string of the molecule is CCCCCCCCC1=C(CCCCCC)C(CC)=[C-]C1C.C[SiH]C.Cl.Cl.[NH-]C12CC3CC(CC(C3)C1)C2.[Ti+2]. The van der Waals surface area contributed by atoms with E-state index < -0.39 is 0 Å². The molecule has 39 heavy (non-hydrogen) atoms. The zero-order valence-electron chi connectivity index (χ0n) is 26.6. The summed E-state index contributed by atoms with van der Waals surface area (Å²) in [7, 11) is 0.750. The molecule has 1 N–H and O–H groups in total. The smallest absolute Gasteiger partial charge is 0.672 e. The van der Waals surface area contributed by atoms with E-state index >= 15 is 0 Å². The van der Waals surface area contributed by atoms with E-state index in [4.69, 9.17) is 5.73 Å². The standard InChI is InChI=1S/C22H39.C10H16N.C2H7Si.2ClH.Ti/c1-5-8-10-12-13-15-16-21-19(4)18-20(7-3)22(21)17-14-11-9-6-2;11-10-4-7-1-8(5-10)3-9(2-7)6-10;1-3-2;;;/h19H,5-17H2,1-4H3;7-9,11H,1-6H2;3H,1-2H3;2*1H;/q2*-1;;;;+2. The Hall–Kier alpha value is 0.951. The number of rotatable bonds is 13. The number of allylic oxidation sites excluding steroid dienone is 4. The number of halogens is 2. The fourth-order valence-corrected chi connectivity index (χ4v) is 7.82. The molecule has 5 rings (SSSR count). The molecule has 1 atom stereocenters. The maximum absolute atomic E-state index is 8.21. The number of unbranched alkanes of at least 4 members (excludes halogenated alkanes) is 8. The van der Waals surface area contributed by atoms with Crippen LogP contribution in [0.2, 0.25) is 13.1 Å². The largest absolute Gasteiger partial charge is 2.00 e. The van der Waals surface area contributed by atoms with Gasteiger partial charge in [0.25, 0.3) is 0 Å². The van der Waals surface area contributed by atoms with Crippen LogP contribution in [0.25, 0.3) is 5.73 Å². The fourth-order valence-electron chi connectivity index (χ4n) is 7.82. The first-order valence-corrected chi connectivity index (χ1v) is 18.5. The quantitative estimate of drug-likeness (QED) is 0.109. The Kier molecular flexibility index (Phi) is 25.3. The van der Waals surface area contributed by atoms with Gasteiger partial charge in [0.2, 0.25) is 0 Å². The molecule has 5 heteroatoms. The first-order valence-electron chi connectivity index (χ1n) is 16.2. The van der Waals surface area contributed by atoms with Gasteiger partial charge in [-0.25, -0.2) is 5.57 Å². The van der Waals surface area contributed by atoms with E-state index in [0.717, 1.165) is 27.3 Å². The molecule has 227 valence electrons. The van der Waals surface area contributed by atoms with E-state index in [9.17, 15) is 0 Å². The summed E-state index contributed by atoms with van der Waals surface area (Å²) < 4.78 is 0. The first kappa shape index (κ1) is 42.1. The minimum Gasteiger partial charge on any atom is -0.672 e. The Balaban J connectivity index is 0. The van der Waals surface area contributed by atoms with Gasteiger partial charge in [0.05, 0.1) is 0 Å². The van der Waals surface area contributed by atoms with Crippen LogP contribution in [0.1, 0.15) is 150 Å². The maximum atomic E-state index is 8.21. The third-order valence-electron chi connectivity index (χ3n) is 9.14. The van der Waals surface area contributed by atoms with Crippen molar-refractivity contribution in [3.63, 3.8) is 0 Å². The van der Waals surface area contributed by atoms with Crippen molar-refractivity contribution >= 4 is 34.3 Å². The average molecular weight is 634 g/mol. The van der Waals surface area contributed by atoms with Crippen molar-refractivity contribution in [3.05, 3.63) is 28.5 Å². The molecule has 0 aliphatic heterocycles. The summed E-state index contributed by atoms with van der Waals surface area (Å²) in [5, 5.41) is 0. The third-order valence-corrected chi connectivity index (χ3v) is 9.14. The molecule has 1 nitrogen and oxygen atoms in total. The zero-order chi connectivity index (χ0) is 26.4. The molecule has 0 aromatic carbocycles. The second-order valence-electron chi connectivity index (χ2n) is 12.8. The molecule has 1 unspecified atom stereocenters. The van der Waals surface area contributed by atoms with Crippen molar-refractivity contribution in [3.8, 4) is 0 Å². The summed E-state index contributed by atoms with van der Waals surface area (Å²) in [6.07, 6.45) is 29.6.